The maximum absolute atomic E-state index is 12.3. The SMILES string of the molecule is COC(=O)C[C@@H]1C[C@@H](COc2ccc(-c3ccc(C#N)cc3)cc2)N(C)C1=O. The number of nitriles is 1. The molecule has 1 aliphatic rings. The van der Waals surface area contributed by atoms with Crippen LogP contribution in [0.2, 0.25) is 0 Å². The highest BCUT2D eigenvalue weighted by Gasteiger charge is 2.38. The number of likely N-dealkylation sites (N-methyl/N-ethyl adjacent to an activating group) is 1. The van der Waals surface area contributed by atoms with Crippen LogP contribution in [-0.2, 0) is 14.3 Å². The lowest BCUT2D eigenvalue weighted by molar-refractivity contribution is -0.144. The number of ether oxygens (including phenoxy) is 2. The van der Waals surface area contributed by atoms with Crippen LogP contribution in [0.15, 0.2) is 48.5 Å². The van der Waals surface area contributed by atoms with Gasteiger partial charge in [0.1, 0.15) is 12.4 Å². The first-order chi connectivity index (χ1) is 13.5. The van der Waals surface area contributed by atoms with E-state index < -0.39 is 0 Å². The molecule has 0 aliphatic carbocycles. The normalized spacial score (nSPS) is 18.6. The van der Waals surface area contributed by atoms with Crippen molar-refractivity contribution in [2.45, 2.75) is 18.9 Å². The van der Waals surface area contributed by atoms with E-state index in [0.29, 0.717) is 18.6 Å². The van der Waals surface area contributed by atoms with Crippen molar-refractivity contribution in [2.24, 2.45) is 5.92 Å². The van der Waals surface area contributed by atoms with Gasteiger partial charge in [0.15, 0.2) is 0 Å². The number of esters is 1. The van der Waals surface area contributed by atoms with Crippen LogP contribution in [0, 0.1) is 17.2 Å². The smallest absolute Gasteiger partial charge is 0.306 e. The van der Waals surface area contributed by atoms with E-state index in [0.717, 1.165) is 16.9 Å². The predicted molar refractivity (Wildman–Crippen MR) is 103 cm³/mol. The number of amides is 1. The van der Waals surface area contributed by atoms with Crippen LogP contribution in [0.4, 0.5) is 0 Å². The molecule has 0 aromatic heterocycles. The van der Waals surface area contributed by atoms with Crippen molar-refractivity contribution < 1.29 is 19.1 Å². The summed E-state index contributed by atoms with van der Waals surface area (Å²) in [6.07, 6.45) is 0.684. The van der Waals surface area contributed by atoms with Crippen molar-refractivity contribution in [3.05, 3.63) is 54.1 Å². The molecule has 1 amide bonds. The average Bonchev–Trinajstić information content (AvgIpc) is 3.00. The number of hydrogen-bond donors (Lipinski definition) is 0. The molecule has 1 heterocycles. The van der Waals surface area contributed by atoms with Gasteiger partial charge in [0.05, 0.1) is 37.1 Å². The fourth-order valence-electron chi connectivity index (χ4n) is 3.36. The third-order valence-electron chi connectivity index (χ3n) is 5.09. The molecule has 6 heteroatoms. The largest absolute Gasteiger partial charge is 0.491 e. The molecule has 0 radical (unpaired) electrons. The first kappa shape index (κ1) is 19.4. The number of methoxy groups -OCH3 is 1. The van der Waals surface area contributed by atoms with Gasteiger partial charge in [-0.25, -0.2) is 0 Å². The van der Waals surface area contributed by atoms with Gasteiger partial charge in [0, 0.05) is 7.05 Å². The Kier molecular flexibility index (Phi) is 5.95. The van der Waals surface area contributed by atoms with Gasteiger partial charge in [0.25, 0.3) is 0 Å². The Hall–Kier alpha value is -3.33. The Morgan fingerprint density at radius 1 is 1.14 bits per heavy atom. The monoisotopic (exact) mass is 378 g/mol. The highest BCUT2D eigenvalue weighted by atomic mass is 16.5. The number of carbonyl (C=O) groups excluding carboxylic acids is 2. The van der Waals surface area contributed by atoms with Gasteiger partial charge in [-0.1, -0.05) is 24.3 Å². The Labute approximate surface area is 164 Å². The first-order valence-corrected chi connectivity index (χ1v) is 9.08. The number of benzene rings is 2. The van der Waals surface area contributed by atoms with Gasteiger partial charge >= 0.3 is 5.97 Å². The molecule has 0 N–H and O–H groups in total. The molecule has 0 bridgehead atoms. The maximum atomic E-state index is 12.3. The van der Waals surface area contributed by atoms with Crippen LogP contribution < -0.4 is 4.74 Å². The number of likely N-dealkylation sites (tertiary alicyclic amines) is 1. The van der Waals surface area contributed by atoms with Gasteiger partial charge in [-0.3, -0.25) is 9.59 Å². The summed E-state index contributed by atoms with van der Waals surface area (Å²) in [5.74, 6) is -0.0404. The topological polar surface area (TPSA) is 79.6 Å². The molecular formula is C22H22N2O4. The molecule has 2 aromatic carbocycles. The summed E-state index contributed by atoms with van der Waals surface area (Å²) in [4.78, 5) is 25.4. The van der Waals surface area contributed by atoms with Gasteiger partial charge < -0.3 is 14.4 Å². The predicted octanol–water partition coefficient (Wildman–Crippen LogP) is 3.01. The minimum atomic E-state index is -0.369. The third kappa shape index (κ3) is 4.32. The fraction of sp³-hybridized carbons (Fsp3) is 0.318. The second-order valence-corrected chi connectivity index (χ2v) is 6.84. The van der Waals surface area contributed by atoms with E-state index in [9.17, 15) is 9.59 Å². The van der Waals surface area contributed by atoms with Crippen LogP contribution in [0.5, 0.6) is 5.75 Å². The van der Waals surface area contributed by atoms with Crippen LogP contribution in [0.25, 0.3) is 11.1 Å². The summed E-state index contributed by atoms with van der Waals surface area (Å²) in [6, 6.07) is 17.1. The molecule has 0 spiro atoms. The van der Waals surface area contributed by atoms with Gasteiger partial charge in [-0.15, -0.1) is 0 Å². The zero-order valence-corrected chi connectivity index (χ0v) is 15.9. The Morgan fingerprint density at radius 2 is 1.75 bits per heavy atom. The third-order valence-corrected chi connectivity index (χ3v) is 5.09. The van der Waals surface area contributed by atoms with Gasteiger partial charge in [-0.05, 0) is 41.8 Å². The van der Waals surface area contributed by atoms with Crippen LogP contribution in [0.3, 0.4) is 0 Å². The van der Waals surface area contributed by atoms with Crippen molar-refractivity contribution in [3.8, 4) is 22.9 Å². The zero-order chi connectivity index (χ0) is 20.1. The van der Waals surface area contributed by atoms with Crippen molar-refractivity contribution >= 4 is 11.9 Å². The van der Waals surface area contributed by atoms with E-state index in [1.807, 2.05) is 36.4 Å². The molecule has 28 heavy (non-hydrogen) atoms. The van der Waals surface area contributed by atoms with E-state index in [-0.39, 0.29) is 30.3 Å². The first-order valence-electron chi connectivity index (χ1n) is 9.08. The second kappa shape index (κ2) is 8.57. The summed E-state index contributed by atoms with van der Waals surface area (Å²) in [7, 11) is 3.06. The van der Waals surface area contributed by atoms with Gasteiger partial charge in [0.2, 0.25) is 5.91 Å². The standard InChI is InChI=1S/C22H22N2O4/c1-24-19(11-18(22(24)26)12-21(25)27-2)14-28-20-9-7-17(8-10-20)16-5-3-15(13-23)4-6-16/h3-10,18-19H,11-12,14H2,1-2H3/t18-,19-/m0/s1. The number of hydrogen-bond acceptors (Lipinski definition) is 5. The van der Waals surface area contributed by atoms with Crippen molar-refractivity contribution in [1.82, 2.24) is 4.90 Å². The molecule has 2 aromatic rings. The Morgan fingerprint density at radius 3 is 2.32 bits per heavy atom. The molecule has 0 saturated carbocycles. The van der Waals surface area contributed by atoms with Gasteiger partial charge in [-0.2, -0.15) is 5.26 Å². The zero-order valence-electron chi connectivity index (χ0n) is 15.9. The quantitative estimate of drug-likeness (QED) is 0.722. The van der Waals surface area contributed by atoms with Crippen molar-refractivity contribution in [3.63, 3.8) is 0 Å². The summed E-state index contributed by atoms with van der Waals surface area (Å²) in [6.45, 7) is 0.371. The molecule has 1 aliphatic heterocycles. The number of carbonyl (C=O) groups is 2. The molecule has 2 atom stereocenters. The summed E-state index contributed by atoms with van der Waals surface area (Å²) < 4.78 is 10.5. The second-order valence-electron chi connectivity index (χ2n) is 6.84. The summed E-state index contributed by atoms with van der Waals surface area (Å²) in [5, 5.41) is 8.88. The molecular weight excluding hydrogens is 356 g/mol. The molecule has 1 fully saturated rings. The van der Waals surface area contributed by atoms with E-state index in [4.69, 9.17) is 10.00 Å². The minimum absolute atomic E-state index is 0.0461. The molecule has 0 unspecified atom stereocenters. The number of rotatable bonds is 6. The highest BCUT2D eigenvalue weighted by molar-refractivity contribution is 5.85. The lowest BCUT2D eigenvalue weighted by Gasteiger charge is -2.20. The maximum Gasteiger partial charge on any atom is 0.306 e. The fourth-order valence-corrected chi connectivity index (χ4v) is 3.36. The van der Waals surface area contributed by atoms with E-state index in [1.54, 1.807) is 24.1 Å². The van der Waals surface area contributed by atoms with E-state index in [2.05, 4.69) is 10.8 Å². The molecule has 144 valence electrons. The van der Waals surface area contributed by atoms with Crippen LogP contribution in [0.1, 0.15) is 18.4 Å². The van der Waals surface area contributed by atoms with Crippen molar-refractivity contribution in [1.29, 1.82) is 5.26 Å². The molecule has 3 rings (SSSR count). The molecule has 1 saturated heterocycles. The minimum Gasteiger partial charge on any atom is -0.491 e. The van der Waals surface area contributed by atoms with Crippen molar-refractivity contribution in [2.75, 3.05) is 20.8 Å². The average molecular weight is 378 g/mol. The lowest BCUT2D eigenvalue weighted by atomic mass is 10.0. The van der Waals surface area contributed by atoms with E-state index in [1.165, 1.54) is 7.11 Å². The van der Waals surface area contributed by atoms with Crippen LogP contribution in [-0.4, -0.2) is 43.6 Å². The number of nitrogens with zero attached hydrogens (tertiary/aromatic N) is 2. The van der Waals surface area contributed by atoms with Crippen LogP contribution >= 0.6 is 0 Å². The Bertz CT molecular complexity index is 884. The highest BCUT2D eigenvalue weighted by Crippen LogP contribution is 2.28. The van der Waals surface area contributed by atoms with E-state index >= 15 is 0 Å². The summed E-state index contributed by atoms with van der Waals surface area (Å²) in [5.41, 5.74) is 2.69. The Balaban J connectivity index is 1.58. The summed E-state index contributed by atoms with van der Waals surface area (Å²) >= 11 is 0. The lowest BCUT2D eigenvalue weighted by Crippen LogP contribution is -2.33. The molecule has 6 nitrogen and oxygen atoms in total.